The van der Waals surface area contributed by atoms with Crippen LogP contribution in [0.1, 0.15) is 201 Å². The van der Waals surface area contributed by atoms with Gasteiger partial charge in [0.15, 0.2) is 6.10 Å². The van der Waals surface area contributed by atoms with Crippen molar-refractivity contribution in [3.63, 3.8) is 0 Å². The summed E-state index contributed by atoms with van der Waals surface area (Å²) in [6, 6.07) is 0. The molecule has 0 bridgehead atoms. The van der Waals surface area contributed by atoms with Gasteiger partial charge in [0.05, 0.1) is 0 Å². The lowest BCUT2D eigenvalue weighted by atomic mass is 10.1. The van der Waals surface area contributed by atoms with Crippen LogP contribution in [0.2, 0.25) is 0 Å². The first-order valence-electron chi connectivity index (χ1n) is 24.5. The van der Waals surface area contributed by atoms with Crippen LogP contribution in [0, 0.1) is 0 Å². The molecule has 1 atom stereocenters. The first-order valence-corrected chi connectivity index (χ1v) is 24.5. The van der Waals surface area contributed by atoms with Gasteiger partial charge < -0.3 is 14.2 Å². The lowest BCUT2D eigenvalue weighted by molar-refractivity contribution is -0.167. The fourth-order valence-corrected chi connectivity index (χ4v) is 6.22. The van der Waals surface area contributed by atoms with E-state index in [-0.39, 0.29) is 44.0 Å². The quantitative estimate of drug-likeness (QED) is 0.0200. The Bertz CT molecular complexity index is 1290. The van der Waals surface area contributed by atoms with Gasteiger partial charge in [0.25, 0.3) is 0 Å². The fraction of sp³-hybridized carbons (Fsp3) is 0.618. The van der Waals surface area contributed by atoms with Crippen molar-refractivity contribution in [1.29, 1.82) is 0 Å². The highest BCUT2D eigenvalue weighted by Gasteiger charge is 2.19. The molecule has 0 amide bonds. The average Bonchev–Trinajstić information content (AvgIpc) is 3.26. The second-order valence-electron chi connectivity index (χ2n) is 15.7. The topological polar surface area (TPSA) is 78.9 Å². The number of carbonyl (C=O) groups excluding carboxylic acids is 3. The number of unbranched alkanes of at least 4 members (excludes halogenated alkanes) is 17. The van der Waals surface area contributed by atoms with Crippen molar-refractivity contribution in [2.75, 3.05) is 13.2 Å². The smallest absolute Gasteiger partial charge is 0.306 e. The minimum Gasteiger partial charge on any atom is -0.462 e. The van der Waals surface area contributed by atoms with E-state index < -0.39 is 6.10 Å². The summed E-state index contributed by atoms with van der Waals surface area (Å²) >= 11 is 0. The predicted octanol–water partition coefficient (Wildman–Crippen LogP) is 16.0. The molecule has 0 aliphatic rings. The highest BCUT2D eigenvalue weighted by atomic mass is 16.6. The van der Waals surface area contributed by atoms with Gasteiger partial charge in [0.1, 0.15) is 13.2 Å². The summed E-state index contributed by atoms with van der Waals surface area (Å²) in [7, 11) is 0. The van der Waals surface area contributed by atoms with E-state index in [0.29, 0.717) is 12.8 Å². The second-order valence-corrected chi connectivity index (χ2v) is 15.7. The molecule has 1 unspecified atom stereocenters. The van der Waals surface area contributed by atoms with Gasteiger partial charge in [0.2, 0.25) is 0 Å². The van der Waals surface area contributed by atoms with E-state index in [9.17, 15) is 14.4 Å². The standard InChI is InChI=1S/C55H88O6/c1-4-7-10-13-16-19-22-25-26-27-28-31-33-36-39-42-45-48-54(57)60-51-52(61-55(58)49-46-43-40-37-34-30-24-21-18-15-12-9-6-3)50-59-53(56)47-44-41-38-35-32-29-23-20-17-14-11-8-5-2/h8-9,11-12,14-15,17-18,20-21,23-26,28,31,36,39,52H,4-7,10,13,16,19,22,27,29-30,32-35,37-38,40-51H2,1-3H3/b11-8-,12-9-,17-14-,18-15-,23-20-,24-21-,26-25-,31-28-,39-36-. The molecular weight excluding hydrogens is 757 g/mol. The molecule has 0 saturated heterocycles. The van der Waals surface area contributed by atoms with Gasteiger partial charge in [-0.25, -0.2) is 0 Å². The van der Waals surface area contributed by atoms with Gasteiger partial charge in [-0.1, -0.05) is 201 Å². The minimum absolute atomic E-state index is 0.115. The Morgan fingerprint density at radius 2 is 0.721 bits per heavy atom. The molecule has 0 aromatic carbocycles. The van der Waals surface area contributed by atoms with Crippen molar-refractivity contribution in [2.45, 2.75) is 207 Å². The number of hydrogen-bond acceptors (Lipinski definition) is 6. The third-order valence-corrected chi connectivity index (χ3v) is 9.86. The zero-order valence-corrected chi connectivity index (χ0v) is 39.1. The molecule has 0 aromatic heterocycles. The van der Waals surface area contributed by atoms with Crippen molar-refractivity contribution in [1.82, 2.24) is 0 Å². The van der Waals surface area contributed by atoms with Gasteiger partial charge in [0, 0.05) is 19.3 Å². The van der Waals surface area contributed by atoms with Crippen LogP contribution >= 0.6 is 0 Å². The zero-order valence-electron chi connectivity index (χ0n) is 39.1. The molecular formula is C55H88O6. The highest BCUT2D eigenvalue weighted by molar-refractivity contribution is 5.71. The largest absolute Gasteiger partial charge is 0.462 e. The number of ether oxygens (including phenoxy) is 3. The first kappa shape index (κ1) is 57.1. The summed E-state index contributed by atoms with van der Waals surface area (Å²) in [6.45, 7) is 6.26. The molecule has 0 saturated carbocycles. The fourth-order valence-electron chi connectivity index (χ4n) is 6.22. The van der Waals surface area contributed by atoms with Crippen LogP contribution in [0.25, 0.3) is 0 Å². The molecule has 61 heavy (non-hydrogen) atoms. The third kappa shape index (κ3) is 47.0. The molecule has 0 radical (unpaired) electrons. The molecule has 0 aliphatic carbocycles. The lowest BCUT2D eigenvalue weighted by Crippen LogP contribution is -2.30. The second kappa shape index (κ2) is 48.7. The maximum atomic E-state index is 12.7. The zero-order chi connectivity index (χ0) is 44.4. The van der Waals surface area contributed by atoms with Crippen molar-refractivity contribution in [2.24, 2.45) is 0 Å². The highest BCUT2D eigenvalue weighted by Crippen LogP contribution is 2.12. The summed E-state index contributed by atoms with van der Waals surface area (Å²) in [5.41, 5.74) is 0. The Balaban J connectivity index is 4.53. The van der Waals surface area contributed by atoms with Gasteiger partial charge >= 0.3 is 17.9 Å². The van der Waals surface area contributed by atoms with E-state index in [1.165, 1.54) is 44.9 Å². The first-order chi connectivity index (χ1) is 30.0. The maximum absolute atomic E-state index is 12.7. The predicted molar refractivity (Wildman–Crippen MR) is 260 cm³/mol. The lowest BCUT2D eigenvalue weighted by Gasteiger charge is -2.18. The minimum atomic E-state index is -0.818. The Hall–Kier alpha value is -3.93. The van der Waals surface area contributed by atoms with Crippen LogP contribution in [-0.2, 0) is 28.6 Å². The summed E-state index contributed by atoms with van der Waals surface area (Å²) in [5.74, 6) is -1.02. The van der Waals surface area contributed by atoms with Crippen LogP contribution < -0.4 is 0 Å². The molecule has 0 heterocycles. The molecule has 0 spiro atoms. The van der Waals surface area contributed by atoms with Crippen molar-refractivity contribution < 1.29 is 28.6 Å². The van der Waals surface area contributed by atoms with E-state index >= 15 is 0 Å². The number of carbonyl (C=O) groups is 3. The number of esters is 3. The number of hydrogen-bond donors (Lipinski definition) is 0. The van der Waals surface area contributed by atoms with Crippen molar-refractivity contribution in [3.8, 4) is 0 Å². The summed E-state index contributed by atoms with van der Waals surface area (Å²) in [6.07, 6.45) is 65.1. The molecule has 6 nitrogen and oxygen atoms in total. The van der Waals surface area contributed by atoms with Crippen molar-refractivity contribution in [3.05, 3.63) is 109 Å². The van der Waals surface area contributed by atoms with Crippen LogP contribution in [0.3, 0.4) is 0 Å². The Kier molecular flexibility index (Phi) is 45.6. The normalized spacial score (nSPS) is 13.0. The molecule has 344 valence electrons. The molecule has 0 rings (SSSR count). The monoisotopic (exact) mass is 845 g/mol. The van der Waals surface area contributed by atoms with Crippen LogP contribution in [-0.4, -0.2) is 37.2 Å². The SMILES string of the molecule is CC\C=C/C=C\C=C/CCCCCCCC(=O)OCC(COC(=O)CCC/C=C\C/C=C\C/C=C\CCCCCCCC)OC(=O)CCCCCCC\C=C/C=C\C=C/CC. The van der Waals surface area contributed by atoms with Gasteiger partial charge in [-0.2, -0.15) is 0 Å². The van der Waals surface area contributed by atoms with E-state index in [4.69, 9.17) is 14.2 Å². The van der Waals surface area contributed by atoms with Crippen LogP contribution in [0.4, 0.5) is 0 Å². The average molecular weight is 845 g/mol. The van der Waals surface area contributed by atoms with Crippen LogP contribution in [0.15, 0.2) is 109 Å². The summed E-state index contributed by atoms with van der Waals surface area (Å²) in [4.78, 5) is 37.9. The number of rotatable bonds is 42. The number of allylic oxidation sites excluding steroid dienone is 18. The van der Waals surface area contributed by atoms with Crippen LogP contribution in [0.5, 0.6) is 0 Å². The van der Waals surface area contributed by atoms with E-state index in [2.05, 4.69) is 118 Å². The molecule has 0 aliphatic heterocycles. The maximum Gasteiger partial charge on any atom is 0.306 e. The van der Waals surface area contributed by atoms with Gasteiger partial charge in [-0.3, -0.25) is 14.4 Å². The van der Waals surface area contributed by atoms with Gasteiger partial charge in [-0.05, 0) is 89.9 Å². The summed E-state index contributed by atoms with van der Waals surface area (Å²) < 4.78 is 16.7. The Morgan fingerprint density at radius 1 is 0.361 bits per heavy atom. The van der Waals surface area contributed by atoms with Crippen molar-refractivity contribution >= 4 is 17.9 Å². The molecule has 0 aromatic rings. The molecule has 0 N–H and O–H groups in total. The molecule has 0 fully saturated rings. The van der Waals surface area contributed by atoms with E-state index in [0.717, 1.165) is 109 Å². The summed E-state index contributed by atoms with van der Waals surface area (Å²) in [5, 5.41) is 0. The van der Waals surface area contributed by atoms with Gasteiger partial charge in [-0.15, -0.1) is 0 Å². The van der Waals surface area contributed by atoms with E-state index in [1.54, 1.807) is 0 Å². The van der Waals surface area contributed by atoms with E-state index in [1.807, 2.05) is 12.2 Å². The third-order valence-electron chi connectivity index (χ3n) is 9.86. The molecule has 6 heteroatoms. The Morgan fingerprint density at radius 3 is 1.20 bits per heavy atom. The Labute approximate surface area is 374 Å².